The Balaban J connectivity index is 0.000000532. The molecule has 1 unspecified atom stereocenters. The number of hydrogen-bond donors (Lipinski definition) is 3. The average molecular weight is 571 g/mol. The van der Waals surface area contributed by atoms with Gasteiger partial charge in [0.1, 0.15) is 0 Å². The van der Waals surface area contributed by atoms with Crippen molar-refractivity contribution in [3.8, 4) is 0 Å². The zero-order chi connectivity index (χ0) is 28.6. The predicted octanol–water partition coefficient (Wildman–Crippen LogP) is 4.75. The third-order valence-electron chi connectivity index (χ3n) is 6.17. The Kier molecular flexibility index (Phi) is 10.4. The van der Waals surface area contributed by atoms with Crippen molar-refractivity contribution in [1.82, 2.24) is 4.90 Å². The molecule has 0 spiro atoms. The standard InChI is InChI=1S/C24H29ClN4O3.C2HF3O2/c1-17-7-8-19(25)15-22(17)28-9-11-29(12-10-28)24(26-16-21-6-3-13-32-21)27-20-5-2-4-18(14-20)23(30)31;3-2(4,5)1(6)7/h2,4-5,7-8,14-15,21H,3,6,9-13,16H2,1H3,(H,26,27)(H,30,31);(H,6,7). The molecule has 4 rings (SSSR count). The minimum Gasteiger partial charge on any atom is -0.478 e. The molecular weight excluding hydrogens is 541 g/mol. The van der Waals surface area contributed by atoms with Crippen molar-refractivity contribution in [2.45, 2.75) is 32.0 Å². The fraction of sp³-hybridized carbons (Fsp3) is 0.423. The molecule has 2 aromatic rings. The number of carboxylic acids is 2. The summed E-state index contributed by atoms with van der Waals surface area (Å²) in [5, 5.41) is 20.5. The number of nitrogens with one attached hydrogen (secondary N) is 1. The molecule has 0 aliphatic carbocycles. The lowest BCUT2D eigenvalue weighted by Crippen LogP contribution is -2.51. The maximum absolute atomic E-state index is 11.4. The van der Waals surface area contributed by atoms with Crippen molar-refractivity contribution in [3.05, 3.63) is 58.6 Å². The van der Waals surface area contributed by atoms with Crippen molar-refractivity contribution in [2.24, 2.45) is 4.99 Å². The van der Waals surface area contributed by atoms with E-state index in [0.717, 1.165) is 62.3 Å². The lowest BCUT2D eigenvalue weighted by Gasteiger charge is -2.38. The Hall–Kier alpha value is -3.51. The van der Waals surface area contributed by atoms with Crippen LogP contribution in [0, 0.1) is 6.92 Å². The lowest BCUT2D eigenvalue weighted by molar-refractivity contribution is -0.192. The predicted molar refractivity (Wildman–Crippen MR) is 142 cm³/mol. The highest BCUT2D eigenvalue weighted by Crippen LogP contribution is 2.25. The van der Waals surface area contributed by atoms with Gasteiger partial charge in [0, 0.05) is 49.2 Å². The molecule has 2 heterocycles. The van der Waals surface area contributed by atoms with E-state index in [4.69, 9.17) is 31.2 Å². The zero-order valence-corrected chi connectivity index (χ0v) is 22.0. The van der Waals surface area contributed by atoms with Crippen LogP contribution >= 0.6 is 11.6 Å². The molecule has 3 N–H and O–H groups in total. The second-order valence-electron chi connectivity index (χ2n) is 9.02. The molecule has 2 aromatic carbocycles. The van der Waals surface area contributed by atoms with Gasteiger partial charge in [0.15, 0.2) is 5.96 Å². The summed E-state index contributed by atoms with van der Waals surface area (Å²) in [7, 11) is 0. The van der Waals surface area contributed by atoms with Gasteiger partial charge in [-0.3, -0.25) is 4.99 Å². The molecule has 0 amide bonds. The van der Waals surface area contributed by atoms with Crippen LogP contribution in [0.15, 0.2) is 47.5 Å². The van der Waals surface area contributed by atoms with Crippen LogP contribution in [0.2, 0.25) is 5.02 Å². The third kappa shape index (κ3) is 9.03. The molecule has 39 heavy (non-hydrogen) atoms. The molecule has 212 valence electrons. The number of benzene rings is 2. The van der Waals surface area contributed by atoms with Crippen molar-refractivity contribution in [1.29, 1.82) is 0 Å². The molecule has 2 aliphatic heterocycles. The number of piperazine rings is 1. The summed E-state index contributed by atoms with van der Waals surface area (Å²) < 4.78 is 37.5. The molecule has 9 nitrogen and oxygen atoms in total. The van der Waals surface area contributed by atoms with Gasteiger partial charge in [0.25, 0.3) is 0 Å². The molecule has 13 heteroatoms. The number of hydrogen-bond acceptors (Lipinski definition) is 5. The number of halogens is 4. The number of aryl methyl sites for hydroxylation is 1. The van der Waals surface area contributed by atoms with E-state index in [0.29, 0.717) is 12.2 Å². The van der Waals surface area contributed by atoms with Crippen LogP contribution in [0.25, 0.3) is 0 Å². The first kappa shape index (κ1) is 30.0. The normalized spacial score (nSPS) is 17.9. The SMILES string of the molecule is Cc1ccc(Cl)cc1N1CCN(C(=NCC2CCCO2)Nc2cccc(C(=O)O)c2)CC1.O=C(O)C(F)(F)F. The van der Waals surface area contributed by atoms with E-state index in [-0.39, 0.29) is 11.7 Å². The fourth-order valence-corrected chi connectivity index (χ4v) is 4.30. The van der Waals surface area contributed by atoms with Crippen LogP contribution in [0.3, 0.4) is 0 Å². The van der Waals surface area contributed by atoms with Gasteiger partial charge in [0.05, 0.1) is 18.2 Å². The van der Waals surface area contributed by atoms with Gasteiger partial charge in [-0.05, 0) is 55.7 Å². The van der Waals surface area contributed by atoms with Crippen LogP contribution in [0.5, 0.6) is 0 Å². The van der Waals surface area contributed by atoms with Crippen molar-refractivity contribution in [3.63, 3.8) is 0 Å². The number of rotatable bonds is 5. The van der Waals surface area contributed by atoms with E-state index in [1.54, 1.807) is 18.2 Å². The smallest absolute Gasteiger partial charge is 0.478 e. The van der Waals surface area contributed by atoms with Crippen LogP contribution < -0.4 is 10.2 Å². The summed E-state index contributed by atoms with van der Waals surface area (Å²) in [6.45, 7) is 6.76. The number of alkyl halides is 3. The van der Waals surface area contributed by atoms with Crippen LogP contribution in [-0.4, -0.2) is 84.6 Å². The largest absolute Gasteiger partial charge is 0.490 e. The van der Waals surface area contributed by atoms with Gasteiger partial charge in [-0.2, -0.15) is 13.2 Å². The quantitative estimate of drug-likeness (QED) is 0.349. The second-order valence-corrected chi connectivity index (χ2v) is 9.45. The van der Waals surface area contributed by atoms with E-state index in [1.165, 1.54) is 5.56 Å². The van der Waals surface area contributed by atoms with Gasteiger partial charge >= 0.3 is 18.1 Å². The second kappa shape index (κ2) is 13.5. The number of aliphatic carboxylic acids is 1. The summed E-state index contributed by atoms with van der Waals surface area (Å²) in [5.41, 5.74) is 3.33. The summed E-state index contributed by atoms with van der Waals surface area (Å²) >= 11 is 6.22. The molecule has 2 fully saturated rings. The van der Waals surface area contributed by atoms with Crippen LogP contribution in [0.1, 0.15) is 28.8 Å². The van der Waals surface area contributed by atoms with E-state index in [9.17, 15) is 23.1 Å². The van der Waals surface area contributed by atoms with Gasteiger partial charge in [0.2, 0.25) is 0 Å². The topological polar surface area (TPSA) is 115 Å². The number of aromatic carboxylic acids is 1. The lowest BCUT2D eigenvalue weighted by atomic mass is 10.1. The molecular formula is C26H30ClF3N4O5. The Bertz CT molecular complexity index is 1180. The molecule has 0 bridgehead atoms. The number of guanidine groups is 1. The summed E-state index contributed by atoms with van der Waals surface area (Å²) in [6.07, 6.45) is -2.85. The Morgan fingerprint density at radius 2 is 1.82 bits per heavy atom. The number of ether oxygens (including phenoxy) is 1. The van der Waals surface area contributed by atoms with E-state index >= 15 is 0 Å². The maximum Gasteiger partial charge on any atom is 0.490 e. The van der Waals surface area contributed by atoms with Gasteiger partial charge in [-0.1, -0.05) is 23.7 Å². The fourth-order valence-electron chi connectivity index (χ4n) is 4.14. The number of anilines is 2. The van der Waals surface area contributed by atoms with E-state index < -0.39 is 18.1 Å². The highest BCUT2D eigenvalue weighted by molar-refractivity contribution is 6.30. The average Bonchev–Trinajstić information content (AvgIpc) is 3.42. The zero-order valence-electron chi connectivity index (χ0n) is 21.2. The Labute approximate surface area is 228 Å². The molecule has 2 saturated heterocycles. The van der Waals surface area contributed by atoms with E-state index in [2.05, 4.69) is 28.1 Å². The first-order chi connectivity index (χ1) is 18.4. The summed E-state index contributed by atoms with van der Waals surface area (Å²) in [6, 6.07) is 12.8. The minimum atomic E-state index is -5.08. The van der Waals surface area contributed by atoms with Crippen molar-refractivity contribution in [2.75, 3.05) is 49.5 Å². The van der Waals surface area contributed by atoms with Crippen molar-refractivity contribution < 1.29 is 37.7 Å². The van der Waals surface area contributed by atoms with Gasteiger partial charge in [-0.15, -0.1) is 0 Å². The van der Waals surface area contributed by atoms with Crippen molar-refractivity contribution >= 4 is 40.9 Å². The number of carbonyl (C=O) groups is 2. The van der Waals surface area contributed by atoms with Crippen LogP contribution in [-0.2, 0) is 9.53 Å². The molecule has 0 saturated carbocycles. The summed E-state index contributed by atoms with van der Waals surface area (Å²) in [4.78, 5) is 29.7. The highest BCUT2D eigenvalue weighted by atomic mass is 35.5. The number of carboxylic acid groups (broad SMARTS) is 2. The van der Waals surface area contributed by atoms with Gasteiger partial charge in [-0.25, -0.2) is 9.59 Å². The number of nitrogens with zero attached hydrogens (tertiary/aromatic N) is 3. The Morgan fingerprint density at radius 1 is 1.13 bits per heavy atom. The molecule has 0 radical (unpaired) electrons. The van der Waals surface area contributed by atoms with E-state index in [1.807, 2.05) is 18.2 Å². The summed E-state index contributed by atoms with van der Waals surface area (Å²) in [5.74, 6) is -2.95. The maximum atomic E-state index is 11.4. The molecule has 0 aromatic heterocycles. The molecule has 1 atom stereocenters. The Morgan fingerprint density at radius 3 is 2.41 bits per heavy atom. The van der Waals surface area contributed by atoms with Gasteiger partial charge < -0.3 is 30.1 Å². The monoisotopic (exact) mass is 570 g/mol. The first-order valence-electron chi connectivity index (χ1n) is 12.3. The first-order valence-corrected chi connectivity index (χ1v) is 12.6. The van der Waals surface area contributed by atoms with Crippen LogP contribution in [0.4, 0.5) is 24.5 Å². The molecule has 2 aliphatic rings. The minimum absolute atomic E-state index is 0.146. The highest BCUT2D eigenvalue weighted by Gasteiger charge is 2.38. The number of aliphatic imine (C=N–C) groups is 1. The third-order valence-corrected chi connectivity index (χ3v) is 6.40.